The van der Waals surface area contributed by atoms with Crippen LogP contribution in [0.25, 0.3) is 11.3 Å². The lowest BCUT2D eigenvalue weighted by molar-refractivity contribution is 0.0920. The molecule has 1 aliphatic heterocycles. The molecule has 1 unspecified atom stereocenters. The van der Waals surface area contributed by atoms with E-state index in [1.807, 2.05) is 37.3 Å². The lowest BCUT2D eigenvalue weighted by Crippen LogP contribution is -2.36. The van der Waals surface area contributed by atoms with E-state index in [4.69, 9.17) is 14.0 Å². The fraction of sp³-hybridized carbons (Fsp3) is 0.350. The van der Waals surface area contributed by atoms with E-state index in [2.05, 4.69) is 15.6 Å². The van der Waals surface area contributed by atoms with Crippen molar-refractivity contribution in [2.75, 3.05) is 13.2 Å². The third kappa shape index (κ3) is 3.77. The van der Waals surface area contributed by atoms with Crippen molar-refractivity contribution in [1.82, 2.24) is 20.3 Å². The summed E-state index contributed by atoms with van der Waals surface area (Å²) in [5.74, 6) is 0.871. The molecule has 0 bridgehead atoms. The Bertz CT molecular complexity index is 958. The van der Waals surface area contributed by atoms with Crippen LogP contribution in [0.4, 0.5) is 0 Å². The molecule has 1 saturated heterocycles. The number of hydrogen-bond acceptors (Lipinski definition) is 6. The van der Waals surface area contributed by atoms with Gasteiger partial charge in [-0.3, -0.25) is 9.48 Å². The standard InChI is InChI=1S/C20H22N4O4/c1-13-16(19(23-28-13)14-6-4-3-5-7-14)12-27-18-10-17(24(2)22-18)20(25)21-15-8-9-26-11-15/h3-7,10,15H,8-9,11-12H2,1-2H3,(H,21,25). The molecule has 1 atom stereocenters. The molecule has 2 aromatic heterocycles. The van der Waals surface area contributed by atoms with Crippen LogP contribution in [0.3, 0.4) is 0 Å². The summed E-state index contributed by atoms with van der Waals surface area (Å²) in [6.45, 7) is 3.31. The molecule has 8 nitrogen and oxygen atoms in total. The molecule has 28 heavy (non-hydrogen) atoms. The molecule has 8 heteroatoms. The first kappa shape index (κ1) is 18.2. The van der Waals surface area contributed by atoms with E-state index in [0.717, 1.165) is 23.2 Å². The van der Waals surface area contributed by atoms with Crippen molar-refractivity contribution in [3.63, 3.8) is 0 Å². The summed E-state index contributed by atoms with van der Waals surface area (Å²) in [5, 5.41) is 11.4. The molecule has 1 aliphatic rings. The zero-order valence-electron chi connectivity index (χ0n) is 15.8. The van der Waals surface area contributed by atoms with Gasteiger partial charge in [0.15, 0.2) is 0 Å². The Morgan fingerprint density at radius 3 is 2.93 bits per heavy atom. The van der Waals surface area contributed by atoms with Gasteiger partial charge in [0, 0.05) is 25.3 Å². The number of ether oxygens (including phenoxy) is 2. The van der Waals surface area contributed by atoms with Crippen LogP contribution in [0.2, 0.25) is 0 Å². The summed E-state index contributed by atoms with van der Waals surface area (Å²) in [4.78, 5) is 12.5. The molecule has 1 aromatic carbocycles. The minimum absolute atomic E-state index is 0.0415. The highest BCUT2D eigenvalue weighted by Gasteiger charge is 2.22. The van der Waals surface area contributed by atoms with Gasteiger partial charge >= 0.3 is 0 Å². The van der Waals surface area contributed by atoms with Crippen molar-refractivity contribution in [3.8, 4) is 17.1 Å². The van der Waals surface area contributed by atoms with E-state index in [1.54, 1.807) is 13.1 Å². The largest absolute Gasteiger partial charge is 0.471 e. The number of nitrogens with one attached hydrogen (secondary N) is 1. The van der Waals surface area contributed by atoms with Crippen LogP contribution < -0.4 is 10.1 Å². The lowest BCUT2D eigenvalue weighted by Gasteiger charge is -2.09. The summed E-state index contributed by atoms with van der Waals surface area (Å²) < 4.78 is 18.0. The van der Waals surface area contributed by atoms with E-state index in [0.29, 0.717) is 30.5 Å². The number of aromatic nitrogens is 3. The van der Waals surface area contributed by atoms with Crippen molar-refractivity contribution in [2.24, 2.45) is 7.05 Å². The lowest BCUT2D eigenvalue weighted by atomic mass is 10.1. The quantitative estimate of drug-likeness (QED) is 0.704. The Balaban J connectivity index is 1.46. The fourth-order valence-corrected chi connectivity index (χ4v) is 3.16. The van der Waals surface area contributed by atoms with Gasteiger partial charge in [0.1, 0.15) is 23.8 Å². The highest BCUT2D eigenvalue weighted by molar-refractivity contribution is 5.93. The van der Waals surface area contributed by atoms with E-state index >= 15 is 0 Å². The Labute approximate surface area is 162 Å². The third-order valence-electron chi connectivity index (χ3n) is 4.75. The average Bonchev–Trinajstić information content (AvgIpc) is 3.42. The maximum Gasteiger partial charge on any atom is 0.269 e. The summed E-state index contributed by atoms with van der Waals surface area (Å²) in [5.41, 5.74) is 2.99. The normalized spacial score (nSPS) is 16.3. The van der Waals surface area contributed by atoms with Gasteiger partial charge in [-0.05, 0) is 13.3 Å². The number of amides is 1. The molecule has 4 rings (SSSR count). The second-order valence-electron chi connectivity index (χ2n) is 6.75. The van der Waals surface area contributed by atoms with Crippen molar-refractivity contribution in [2.45, 2.75) is 26.0 Å². The fourth-order valence-electron chi connectivity index (χ4n) is 3.16. The highest BCUT2D eigenvalue weighted by Crippen LogP contribution is 2.26. The molecule has 1 amide bonds. The van der Waals surface area contributed by atoms with Gasteiger partial charge in [-0.2, -0.15) is 0 Å². The van der Waals surface area contributed by atoms with Gasteiger partial charge in [0.05, 0.1) is 18.2 Å². The number of nitrogens with zero attached hydrogens (tertiary/aromatic N) is 3. The molecular formula is C20H22N4O4. The molecule has 146 valence electrons. The maximum absolute atomic E-state index is 12.5. The first-order valence-electron chi connectivity index (χ1n) is 9.18. The third-order valence-corrected chi connectivity index (χ3v) is 4.75. The SMILES string of the molecule is Cc1onc(-c2ccccc2)c1COc1cc(C(=O)NC2CCOC2)n(C)n1. The van der Waals surface area contributed by atoms with Crippen LogP contribution >= 0.6 is 0 Å². The molecule has 1 fully saturated rings. The van der Waals surface area contributed by atoms with E-state index in [9.17, 15) is 4.79 Å². The number of aryl methyl sites for hydroxylation is 2. The molecule has 3 heterocycles. The van der Waals surface area contributed by atoms with Gasteiger partial charge < -0.3 is 19.3 Å². The minimum Gasteiger partial charge on any atom is -0.471 e. The first-order chi connectivity index (χ1) is 13.6. The van der Waals surface area contributed by atoms with Crippen LogP contribution in [0, 0.1) is 6.92 Å². The van der Waals surface area contributed by atoms with Gasteiger partial charge in [-0.15, -0.1) is 5.10 Å². The molecule has 0 radical (unpaired) electrons. The topological polar surface area (TPSA) is 91.4 Å². The summed E-state index contributed by atoms with van der Waals surface area (Å²) in [6, 6.07) is 11.5. The van der Waals surface area contributed by atoms with Crippen LogP contribution in [0.1, 0.15) is 28.2 Å². The van der Waals surface area contributed by atoms with Crippen LogP contribution in [0.5, 0.6) is 5.88 Å². The second-order valence-corrected chi connectivity index (χ2v) is 6.75. The average molecular weight is 382 g/mol. The van der Waals surface area contributed by atoms with Crippen molar-refractivity contribution in [1.29, 1.82) is 0 Å². The molecule has 3 aromatic rings. The number of carbonyl (C=O) groups excluding carboxylic acids is 1. The molecule has 1 N–H and O–H groups in total. The number of carbonyl (C=O) groups is 1. The Morgan fingerprint density at radius 2 is 2.18 bits per heavy atom. The number of hydrogen-bond donors (Lipinski definition) is 1. The monoisotopic (exact) mass is 382 g/mol. The number of rotatable bonds is 6. The number of benzene rings is 1. The molecule has 0 aliphatic carbocycles. The first-order valence-corrected chi connectivity index (χ1v) is 9.18. The summed E-state index contributed by atoms with van der Waals surface area (Å²) in [7, 11) is 1.72. The maximum atomic E-state index is 12.5. The second kappa shape index (κ2) is 7.85. The highest BCUT2D eigenvalue weighted by atomic mass is 16.5. The predicted molar refractivity (Wildman–Crippen MR) is 101 cm³/mol. The summed E-state index contributed by atoms with van der Waals surface area (Å²) >= 11 is 0. The van der Waals surface area contributed by atoms with Gasteiger partial charge in [0.25, 0.3) is 5.91 Å². The van der Waals surface area contributed by atoms with Crippen LogP contribution in [0.15, 0.2) is 40.9 Å². The van der Waals surface area contributed by atoms with Crippen LogP contribution in [-0.4, -0.2) is 40.1 Å². The van der Waals surface area contributed by atoms with Gasteiger partial charge in [-0.25, -0.2) is 0 Å². The van der Waals surface area contributed by atoms with E-state index < -0.39 is 0 Å². The van der Waals surface area contributed by atoms with Crippen molar-refractivity contribution >= 4 is 5.91 Å². The Kier molecular flexibility index (Phi) is 5.12. The van der Waals surface area contributed by atoms with Gasteiger partial charge in [0.2, 0.25) is 5.88 Å². The van der Waals surface area contributed by atoms with Crippen molar-refractivity contribution in [3.05, 3.63) is 53.4 Å². The smallest absolute Gasteiger partial charge is 0.269 e. The molecule has 0 saturated carbocycles. The Morgan fingerprint density at radius 1 is 1.36 bits per heavy atom. The molecule has 0 spiro atoms. The Hall–Kier alpha value is -3.13. The van der Waals surface area contributed by atoms with Crippen molar-refractivity contribution < 1.29 is 18.8 Å². The van der Waals surface area contributed by atoms with Gasteiger partial charge in [-0.1, -0.05) is 35.5 Å². The van der Waals surface area contributed by atoms with E-state index in [-0.39, 0.29) is 18.6 Å². The van der Waals surface area contributed by atoms with E-state index in [1.165, 1.54) is 4.68 Å². The minimum atomic E-state index is -0.188. The molecular weight excluding hydrogens is 360 g/mol. The zero-order valence-corrected chi connectivity index (χ0v) is 15.8. The summed E-state index contributed by atoms with van der Waals surface area (Å²) in [6.07, 6.45) is 0.821. The predicted octanol–water partition coefficient (Wildman–Crippen LogP) is 2.48. The zero-order chi connectivity index (χ0) is 19.5. The van der Waals surface area contributed by atoms with Crippen LogP contribution in [-0.2, 0) is 18.4 Å².